The Balaban J connectivity index is 3.08. The van der Waals surface area contributed by atoms with E-state index in [2.05, 4.69) is 32.6 Å². The van der Waals surface area contributed by atoms with Crippen LogP contribution in [-0.2, 0) is 0 Å². The maximum atomic E-state index is 6.72. The van der Waals surface area contributed by atoms with Crippen molar-refractivity contribution in [2.45, 2.75) is 25.8 Å². The normalized spacial score (nSPS) is 17.1. The van der Waals surface area contributed by atoms with Gasteiger partial charge in [0.15, 0.2) is 0 Å². The minimum absolute atomic E-state index is 0.532. The second-order valence-corrected chi connectivity index (χ2v) is 9.03. The van der Waals surface area contributed by atoms with Gasteiger partial charge < -0.3 is 0 Å². The Labute approximate surface area is 92.3 Å². The molecule has 0 amide bonds. The van der Waals surface area contributed by atoms with Gasteiger partial charge in [-0.25, -0.2) is 0 Å². The van der Waals surface area contributed by atoms with Crippen molar-refractivity contribution in [2.75, 3.05) is 0 Å². The van der Waals surface area contributed by atoms with Crippen molar-refractivity contribution >= 4 is 23.6 Å². The van der Waals surface area contributed by atoms with E-state index in [0.29, 0.717) is 5.54 Å². The van der Waals surface area contributed by atoms with Gasteiger partial charge in [0.2, 0.25) is 7.38 Å². The molecule has 0 aliphatic rings. The summed E-state index contributed by atoms with van der Waals surface area (Å²) in [5.41, 5.74) is 2.52. The van der Waals surface area contributed by atoms with Crippen LogP contribution < -0.4 is 5.19 Å². The molecule has 0 N–H and O–H groups in total. The van der Waals surface area contributed by atoms with Crippen LogP contribution in [0.5, 0.6) is 0 Å². The fourth-order valence-corrected chi connectivity index (χ4v) is 4.94. The van der Waals surface area contributed by atoms with Crippen LogP contribution in [0.4, 0.5) is 0 Å². The lowest BCUT2D eigenvalue weighted by molar-refractivity contribution is 0.861. The predicted octanol–water partition coefficient (Wildman–Crippen LogP) is 3.60. The van der Waals surface area contributed by atoms with Crippen molar-refractivity contribution in [1.29, 1.82) is 0 Å². The molecule has 0 radical (unpaired) electrons. The molecule has 0 bridgehead atoms. The highest BCUT2D eigenvalue weighted by atomic mass is 35.6. The highest BCUT2D eigenvalue weighted by Crippen LogP contribution is 2.28. The van der Waals surface area contributed by atoms with E-state index in [0.717, 1.165) is 6.42 Å². The van der Waals surface area contributed by atoms with Gasteiger partial charge in [0.05, 0.1) is 0 Å². The van der Waals surface area contributed by atoms with Crippen molar-refractivity contribution in [3.8, 4) is 0 Å². The average Bonchev–Trinajstić information content (AvgIpc) is 2.28. The third kappa shape index (κ3) is 2.10. The molecular formula is C12H17ClSi. The molecule has 0 saturated heterocycles. The first-order valence-corrected chi connectivity index (χ1v) is 8.19. The van der Waals surface area contributed by atoms with Gasteiger partial charge in [-0.1, -0.05) is 56.3 Å². The molecular weight excluding hydrogens is 208 g/mol. The van der Waals surface area contributed by atoms with Crippen LogP contribution in [0.3, 0.4) is 0 Å². The second-order valence-electron chi connectivity index (χ2n) is 3.65. The van der Waals surface area contributed by atoms with E-state index >= 15 is 0 Å². The van der Waals surface area contributed by atoms with Crippen molar-refractivity contribution in [2.24, 2.45) is 0 Å². The molecule has 0 aliphatic heterocycles. The van der Waals surface area contributed by atoms with E-state index in [4.69, 9.17) is 11.1 Å². The van der Waals surface area contributed by atoms with Gasteiger partial charge in [0, 0.05) is 0 Å². The van der Waals surface area contributed by atoms with E-state index in [-0.39, 0.29) is 0 Å². The van der Waals surface area contributed by atoms with E-state index in [1.54, 1.807) is 0 Å². The minimum atomic E-state index is -1.97. The number of hydrogen-bond donors (Lipinski definition) is 0. The van der Waals surface area contributed by atoms with Crippen LogP contribution >= 0.6 is 11.1 Å². The van der Waals surface area contributed by atoms with Crippen LogP contribution in [0.15, 0.2) is 42.6 Å². The molecule has 2 unspecified atom stereocenters. The molecule has 0 spiro atoms. The maximum Gasteiger partial charge on any atom is 0.212 e. The van der Waals surface area contributed by atoms with Crippen molar-refractivity contribution < 1.29 is 0 Å². The lowest BCUT2D eigenvalue weighted by atomic mass is 10.4. The van der Waals surface area contributed by atoms with Crippen LogP contribution in [0.2, 0.25) is 5.54 Å². The van der Waals surface area contributed by atoms with Gasteiger partial charge in [-0.15, -0.1) is 6.58 Å². The summed E-state index contributed by atoms with van der Waals surface area (Å²) in [6.07, 6.45) is 1.11. The van der Waals surface area contributed by atoms with Crippen molar-refractivity contribution in [3.63, 3.8) is 0 Å². The standard InChI is InChI=1S/C12H17ClSi/c1-4-11(3)14(13,5-2)12-9-7-6-8-10-12/h5-11H,2,4H2,1,3H3. The minimum Gasteiger partial charge on any atom is -0.155 e. The van der Waals surface area contributed by atoms with E-state index in [1.165, 1.54) is 5.19 Å². The number of rotatable bonds is 4. The topological polar surface area (TPSA) is 0 Å². The van der Waals surface area contributed by atoms with Crippen LogP contribution in [0.25, 0.3) is 0 Å². The quantitative estimate of drug-likeness (QED) is 0.542. The maximum absolute atomic E-state index is 6.72. The molecule has 1 aromatic carbocycles. The van der Waals surface area contributed by atoms with Crippen molar-refractivity contribution in [1.82, 2.24) is 0 Å². The fourth-order valence-electron chi connectivity index (χ4n) is 1.59. The van der Waals surface area contributed by atoms with Crippen LogP contribution in [0, 0.1) is 0 Å². The second kappa shape index (κ2) is 4.81. The van der Waals surface area contributed by atoms with Gasteiger partial charge in [-0.3, -0.25) is 0 Å². The summed E-state index contributed by atoms with van der Waals surface area (Å²) in [7, 11) is -1.97. The predicted molar refractivity (Wildman–Crippen MR) is 67.6 cm³/mol. The zero-order valence-electron chi connectivity index (χ0n) is 8.83. The van der Waals surface area contributed by atoms with Crippen molar-refractivity contribution in [3.05, 3.63) is 42.6 Å². The third-order valence-electron chi connectivity index (χ3n) is 2.84. The molecule has 2 atom stereocenters. The van der Waals surface area contributed by atoms with Gasteiger partial charge >= 0.3 is 0 Å². The van der Waals surface area contributed by atoms with E-state index < -0.39 is 7.38 Å². The molecule has 76 valence electrons. The molecule has 0 nitrogen and oxygen atoms in total. The smallest absolute Gasteiger partial charge is 0.155 e. The highest BCUT2D eigenvalue weighted by molar-refractivity contribution is 7.30. The lowest BCUT2D eigenvalue weighted by Gasteiger charge is -2.27. The SMILES string of the molecule is C=C[Si](Cl)(c1ccccc1)C(C)CC. The fraction of sp³-hybridized carbons (Fsp3) is 0.333. The summed E-state index contributed by atoms with van der Waals surface area (Å²) >= 11 is 6.72. The highest BCUT2D eigenvalue weighted by Gasteiger charge is 2.34. The summed E-state index contributed by atoms with van der Waals surface area (Å²) in [5.74, 6) is 0. The van der Waals surface area contributed by atoms with Gasteiger partial charge in [-0.05, 0) is 10.7 Å². The molecule has 0 saturated carbocycles. The molecule has 14 heavy (non-hydrogen) atoms. The average molecular weight is 225 g/mol. The van der Waals surface area contributed by atoms with Crippen LogP contribution in [-0.4, -0.2) is 7.38 Å². The Kier molecular flexibility index (Phi) is 3.96. The molecule has 2 heteroatoms. The Bertz CT molecular complexity index is 296. The number of hydrogen-bond acceptors (Lipinski definition) is 0. The third-order valence-corrected chi connectivity index (χ3v) is 8.73. The monoisotopic (exact) mass is 224 g/mol. The van der Waals surface area contributed by atoms with Crippen LogP contribution in [0.1, 0.15) is 20.3 Å². The largest absolute Gasteiger partial charge is 0.212 e. The Morgan fingerprint density at radius 1 is 1.43 bits per heavy atom. The zero-order chi connectivity index (χ0) is 10.6. The van der Waals surface area contributed by atoms with Gasteiger partial charge in [-0.2, -0.15) is 11.1 Å². The molecule has 1 aromatic rings. The Morgan fingerprint density at radius 2 is 2.00 bits per heavy atom. The molecule has 0 fully saturated rings. The Hall–Kier alpha value is -0.533. The first-order chi connectivity index (χ1) is 6.65. The zero-order valence-corrected chi connectivity index (χ0v) is 10.6. The summed E-state index contributed by atoms with van der Waals surface area (Å²) in [5, 5.41) is 1.27. The first kappa shape index (κ1) is 11.5. The van der Waals surface area contributed by atoms with E-state index in [1.807, 2.05) is 23.9 Å². The number of halogens is 1. The molecule has 1 rings (SSSR count). The molecule has 0 heterocycles. The van der Waals surface area contributed by atoms with E-state index in [9.17, 15) is 0 Å². The lowest BCUT2D eigenvalue weighted by Crippen LogP contribution is -2.44. The summed E-state index contributed by atoms with van der Waals surface area (Å²) in [4.78, 5) is 0. The summed E-state index contributed by atoms with van der Waals surface area (Å²) in [6.45, 7) is 8.31. The molecule has 0 aliphatic carbocycles. The summed E-state index contributed by atoms with van der Waals surface area (Å²) < 4.78 is 0. The number of benzene rings is 1. The first-order valence-electron chi connectivity index (χ1n) is 5.03. The summed E-state index contributed by atoms with van der Waals surface area (Å²) in [6, 6.07) is 10.4. The Morgan fingerprint density at radius 3 is 2.43 bits per heavy atom. The molecule has 0 aromatic heterocycles. The van der Waals surface area contributed by atoms with Gasteiger partial charge in [0.25, 0.3) is 0 Å². The van der Waals surface area contributed by atoms with Gasteiger partial charge in [0.1, 0.15) is 0 Å².